The van der Waals surface area contributed by atoms with Gasteiger partial charge in [-0.15, -0.1) is 0 Å². The molecule has 0 N–H and O–H groups in total. The molecule has 0 saturated heterocycles. The lowest BCUT2D eigenvalue weighted by molar-refractivity contribution is 0.161. The van der Waals surface area contributed by atoms with Gasteiger partial charge in [0, 0.05) is 0 Å². The molecule has 0 radical (unpaired) electrons. The highest BCUT2D eigenvalue weighted by molar-refractivity contribution is 5.74. The topological polar surface area (TPSA) is 45.4 Å². The van der Waals surface area contributed by atoms with Gasteiger partial charge in [-0.1, -0.05) is 5.16 Å². The van der Waals surface area contributed by atoms with Gasteiger partial charge in [-0.25, -0.2) is 0 Å². The van der Waals surface area contributed by atoms with Crippen LogP contribution >= 0.6 is 0 Å². The largest absolute Gasteiger partial charge is 0.396 e. The van der Waals surface area contributed by atoms with Gasteiger partial charge in [0.1, 0.15) is 18.9 Å². The summed E-state index contributed by atoms with van der Waals surface area (Å²) in [5.74, 6) is 0. The smallest absolute Gasteiger partial charge is 0.143 e. The quantitative estimate of drug-likeness (QED) is 0.373. The summed E-state index contributed by atoms with van der Waals surface area (Å²) < 4.78 is 0. The van der Waals surface area contributed by atoms with E-state index in [0.29, 0.717) is 6.61 Å². The van der Waals surface area contributed by atoms with Crippen LogP contribution in [0.4, 0.5) is 0 Å². The van der Waals surface area contributed by atoms with Crippen molar-refractivity contribution in [1.82, 2.24) is 0 Å². The van der Waals surface area contributed by atoms with E-state index in [2.05, 4.69) is 9.99 Å². The van der Waals surface area contributed by atoms with Crippen LogP contribution in [0.5, 0.6) is 0 Å². The molecule has 0 atom stereocenters. The fraction of sp³-hybridized carbons (Fsp3) is 0.500. The van der Waals surface area contributed by atoms with Gasteiger partial charge in [0.2, 0.25) is 0 Å². The molecule has 0 spiro atoms. The summed E-state index contributed by atoms with van der Waals surface area (Å²) in [7, 11) is 0. The lowest BCUT2D eigenvalue weighted by Gasteiger charge is -1.83. The first-order chi connectivity index (χ1) is 3.41. The molecule has 0 rings (SSSR count). The predicted octanol–water partition coefficient (Wildman–Crippen LogP) is 0.532. The van der Waals surface area contributed by atoms with Gasteiger partial charge in [0.05, 0.1) is 0 Å². The minimum atomic E-state index is 0.512. The summed E-state index contributed by atoms with van der Waals surface area (Å²) in [6.07, 6.45) is 1.05. The van der Waals surface area contributed by atoms with Crippen LogP contribution in [0.1, 0.15) is 6.92 Å². The van der Waals surface area contributed by atoms with Crippen molar-refractivity contribution >= 4 is 6.21 Å². The highest BCUT2D eigenvalue weighted by atomic mass is 16.6. The Morgan fingerprint density at radius 3 is 3.14 bits per heavy atom. The van der Waals surface area contributed by atoms with Gasteiger partial charge in [0.15, 0.2) is 0 Å². The lowest BCUT2D eigenvalue weighted by atomic mass is 10.9. The molecule has 0 aliphatic rings. The molecule has 0 bridgehead atoms. The fourth-order valence-corrected chi connectivity index (χ4v) is 0.135. The van der Waals surface area contributed by atoms with Crippen molar-refractivity contribution < 1.29 is 4.84 Å². The Balaban J connectivity index is 2.97. The molecule has 0 aromatic rings. The number of nitrogens with zero attached hydrogens (tertiary/aromatic N) is 2. The highest BCUT2D eigenvalue weighted by Gasteiger charge is 1.64. The van der Waals surface area contributed by atoms with E-state index >= 15 is 0 Å². The third kappa shape index (κ3) is 4.96. The fourth-order valence-electron chi connectivity index (χ4n) is 0.135. The standard InChI is InChI=1S/C4H6N2O/c1-2-7-6-4-3-5/h4H,2H2,1H3/b6-4+. The number of oxime groups is 1. The predicted molar refractivity (Wildman–Crippen MR) is 25.7 cm³/mol. The van der Waals surface area contributed by atoms with Crippen molar-refractivity contribution in [2.75, 3.05) is 6.61 Å². The van der Waals surface area contributed by atoms with Gasteiger partial charge in [-0.05, 0) is 6.92 Å². The molecule has 0 aliphatic heterocycles. The first-order valence-corrected chi connectivity index (χ1v) is 1.95. The third-order valence-electron chi connectivity index (χ3n) is 0.314. The Morgan fingerprint density at radius 2 is 2.71 bits per heavy atom. The van der Waals surface area contributed by atoms with E-state index in [1.165, 1.54) is 0 Å². The zero-order valence-corrected chi connectivity index (χ0v) is 4.09. The van der Waals surface area contributed by atoms with Crippen LogP contribution in [0, 0.1) is 11.3 Å². The molecule has 0 aromatic heterocycles. The number of nitriles is 1. The minimum Gasteiger partial charge on any atom is -0.396 e. The van der Waals surface area contributed by atoms with Crippen LogP contribution in [-0.4, -0.2) is 12.8 Å². The molecule has 3 heteroatoms. The second kappa shape index (κ2) is 4.96. The van der Waals surface area contributed by atoms with Gasteiger partial charge in [-0.2, -0.15) is 5.26 Å². The second-order valence-electron chi connectivity index (χ2n) is 0.781. The molecule has 0 aliphatic carbocycles. The van der Waals surface area contributed by atoms with Crippen molar-refractivity contribution in [3.05, 3.63) is 0 Å². The lowest BCUT2D eigenvalue weighted by Crippen LogP contribution is -1.76. The summed E-state index contributed by atoms with van der Waals surface area (Å²) in [5.41, 5.74) is 0. The zero-order valence-electron chi connectivity index (χ0n) is 4.09. The number of hydrogen-bond acceptors (Lipinski definition) is 3. The van der Waals surface area contributed by atoms with E-state index in [-0.39, 0.29) is 0 Å². The van der Waals surface area contributed by atoms with Crippen molar-refractivity contribution in [3.63, 3.8) is 0 Å². The summed E-state index contributed by atoms with van der Waals surface area (Å²) in [5, 5.41) is 11.0. The number of hydrogen-bond donors (Lipinski definition) is 0. The summed E-state index contributed by atoms with van der Waals surface area (Å²) in [6, 6.07) is 1.69. The van der Waals surface area contributed by atoms with Crippen molar-refractivity contribution in [2.45, 2.75) is 6.92 Å². The highest BCUT2D eigenvalue weighted by Crippen LogP contribution is 1.67. The van der Waals surface area contributed by atoms with Crippen molar-refractivity contribution in [1.29, 1.82) is 5.26 Å². The molecule has 0 fully saturated rings. The van der Waals surface area contributed by atoms with Gasteiger partial charge in [-0.3, -0.25) is 0 Å². The maximum absolute atomic E-state index is 7.81. The second-order valence-corrected chi connectivity index (χ2v) is 0.781. The SMILES string of the molecule is CCO/N=C/C#N. The van der Waals surface area contributed by atoms with Gasteiger partial charge >= 0.3 is 0 Å². The zero-order chi connectivity index (χ0) is 5.54. The Bertz CT molecular complexity index is 92.4. The van der Waals surface area contributed by atoms with Crippen LogP contribution in [-0.2, 0) is 4.84 Å². The monoisotopic (exact) mass is 98.0 g/mol. The Labute approximate surface area is 42.2 Å². The van der Waals surface area contributed by atoms with Crippen molar-refractivity contribution in [3.8, 4) is 6.07 Å². The van der Waals surface area contributed by atoms with E-state index in [9.17, 15) is 0 Å². The molecule has 0 aromatic carbocycles. The molecule has 7 heavy (non-hydrogen) atoms. The maximum Gasteiger partial charge on any atom is 0.143 e. The van der Waals surface area contributed by atoms with Gasteiger partial charge in [0.25, 0.3) is 0 Å². The van der Waals surface area contributed by atoms with Crippen molar-refractivity contribution in [2.24, 2.45) is 5.16 Å². The maximum atomic E-state index is 7.81. The summed E-state index contributed by atoms with van der Waals surface area (Å²) in [4.78, 5) is 4.42. The first-order valence-electron chi connectivity index (χ1n) is 1.95. The van der Waals surface area contributed by atoms with E-state index < -0.39 is 0 Å². The molecule has 3 nitrogen and oxygen atoms in total. The molecule has 0 saturated carbocycles. The average molecular weight is 98.1 g/mol. The average Bonchev–Trinajstić information content (AvgIpc) is 1.69. The van der Waals surface area contributed by atoms with Crippen LogP contribution in [0.25, 0.3) is 0 Å². The Kier molecular flexibility index (Phi) is 4.22. The summed E-state index contributed by atoms with van der Waals surface area (Å²) in [6.45, 7) is 2.31. The van der Waals surface area contributed by atoms with E-state index in [1.807, 2.05) is 0 Å². The van der Waals surface area contributed by atoms with Crippen LogP contribution < -0.4 is 0 Å². The summed E-state index contributed by atoms with van der Waals surface area (Å²) >= 11 is 0. The number of rotatable bonds is 2. The molecule has 0 heterocycles. The molecule has 0 unspecified atom stereocenters. The van der Waals surface area contributed by atoms with Crippen LogP contribution in [0.3, 0.4) is 0 Å². The van der Waals surface area contributed by atoms with Crippen LogP contribution in [0.2, 0.25) is 0 Å². The molecular formula is C4H6N2O. The third-order valence-corrected chi connectivity index (χ3v) is 0.314. The molecule has 38 valence electrons. The normalized spacial score (nSPS) is 8.57. The van der Waals surface area contributed by atoms with E-state index in [0.717, 1.165) is 6.21 Å². The van der Waals surface area contributed by atoms with Gasteiger partial charge < -0.3 is 4.84 Å². The molecule has 0 amide bonds. The molecular weight excluding hydrogens is 92.1 g/mol. The first kappa shape index (κ1) is 5.96. The Morgan fingerprint density at radius 1 is 2.00 bits per heavy atom. The Hall–Kier alpha value is -1.04. The van der Waals surface area contributed by atoms with E-state index in [4.69, 9.17) is 5.26 Å². The van der Waals surface area contributed by atoms with Crippen LogP contribution in [0.15, 0.2) is 5.16 Å². The van der Waals surface area contributed by atoms with E-state index in [1.54, 1.807) is 13.0 Å². The minimum absolute atomic E-state index is 0.512.